The van der Waals surface area contributed by atoms with Gasteiger partial charge >= 0.3 is 6.18 Å². The number of alkyl halides is 4. The van der Waals surface area contributed by atoms with E-state index in [0.29, 0.717) is 0 Å². The van der Waals surface area contributed by atoms with Crippen molar-refractivity contribution in [3.8, 4) is 0 Å². The molecule has 0 aromatic carbocycles. The lowest BCUT2D eigenvalue weighted by Gasteiger charge is -2.08. The summed E-state index contributed by atoms with van der Waals surface area (Å²) in [5, 5.41) is 0. The maximum atomic E-state index is 11.5. The molecule has 0 rings (SSSR count). The molecule has 0 aliphatic heterocycles. The van der Waals surface area contributed by atoms with Crippen molar-refractivity contribution in [2.24, 2.45) is 0 Å². The van der Waals surface area contributed by atoms with E-state index in [0.717, 1.165) is 6.92 Å². The Morgan fingerprint density at radius 3 is 2.10 bits per heavy atom. The zero-order valence-electron chi connectivity index (χ0n) is 5.20. The van der Waals surface area contributed by atoms with Gasteiger partial charge in [0.25, 0.3) is 0 Å². The second kappa shape index (κ2) is 3.37. The van der Waals surface area contributed by atoms with Gasteiger partial charge in [-0.3, -0.25) is 4.79 Å². The van der Waals surface area contributed by atoms with E-state index in [1.807, 2.05) is 0 Å². The van der Waals surface area contributed by atoms with Crippen LogP contribution in [0.5, 0.6) is 0 Å². The fourth-order valence-electron chi connectivity index (χ4n) is 0.347. The minimum atomic E-state index is -4.26. The highest BCUT2D eigenvalue weighted by Crippen LogP contribution is 2.25. The highest BCUT2D eigenvalue weighted by atomic mass is 79.9. The first-order valence-electron chi connectivity index (χ1n) is 2.54. The van der Waals surface area contributed by atoms with Crippen LogP contribution in [0.1, 0.15) is 13.3 Å². The standard InChI is InChI=1S/C5H6BrF3O/c1-3(10)4(6)2-5(7,8)9/h4H,2H2,1H3. The third-order valence-electron chi connectivity index (χ3n) is 0.852. The van der Waals surface area contributed by atoms with Crippen LogP contribution >= 0.6 is 15.9 Å². The maximum Gasteiger partial charge on any atom is 0.390 e. The summed E-state index contributed by atoms with van der Waals surface area (Å²) in [5.74, 6) is -0.502. The Balaban J connectivity index is 3.80. The van der Waals surface area contributed by atoms with Crippen LogP contribution in [-0.2, 0) is 4.79 Å². The normalized spacial score (nSPS) is 14.9. The van der Waals surface area contributed by atoms with Crippen molar-refractivity contribution >= 4 is 21.7 Å². The Morgan fingerprint density at radius 2 is 2.00 bits per heavy atom. The molecule has 60 valence electrons. The van der Waals surface area contributed by atoms with Gasteiger partial charge in [0, 0.05) is 0 Å². The van der Waals surface area contributed by atoms with Gasteiger partial charge in [0.1, 0.15) is 5.78 Å². The number of hydrogen-bond acceptors (Lipinski definition) is 1. The molecule has 0 aliphatic carbocycles. The molecule has 0 aliphatic rings. The van der Waals surface area contributed by atoms with Crippen LogP contribution in [0.3, 0.4) is 0 Å². The van der Waals surface area contributed by atoms with Crippen LogP contribution in [-0.4, -0.2) is 16.8 Å². The molecule has 10 heavy (non-hydrogen) atoms. The SMILES string of the molecule is CC(=O)C(Br)CC(F)(F)F. The van der Waals surface area contributed by atoms with E-state index in [9.17, 15) is 18.0 Å². The minimum absolute atomic E-state index is 0.502. The van der Waals surface area contributed by atoms with Crippen molar-refractivity contribution in [1.29, 1.82) is 0 Å². The van der Waals surface area contributed by atoms with Gasteiger partial charge in [-0.1, -0.05) is 15.9 Å². The lowest BCUT2D eigenvalue weighted by Crippen LogP contribution is -2.20. The fourth-order valence-corrected chi connectivity index (χ4v) is 0.714. The van der Waals surface area contributed by atoms with Crippen molar-refractivity contribution in [2.45, 2.75) is 24.3 Å². The minimum Gasteiger partial charge on any atom is -0.299 e. The number of halogens is 4. The molecule has 0 amide bonds. The average Bonchev–Trinajstić information content (AvgIpc) is 1.60. The zero-order valence-corrected chi connectivity index (χ0v) is 6.79. The van der Waals surface area contributed by atoms with Gasteiger partial charge in [-0.05, 0) is 6.92 Å². The molecule has 0 aromatic rings. The van der Waals surface area contributed by atoms with Crippen molar-refractivity contribution in [2.75, 3.05) is 0 Å². The van der Waals surface area contributed by atoms with Crippen molar-refractivity contribution in [3.05, 3.63) is 0 Å². The topological polar surface area (TPSA) is 17.1 Å². The van der Waals surface area contributed by atoms with Crippen LogP contribution in [0, 0.1) is 0 Å². The van der Waals surface area contributed by atoms with Crippen molar-refractivity contribution in [3.63, 3.8) is 0 Å². The van der Waals surface area contributed by atoms with E-state index in [2.05, 4.69) is 15.9 Å². The molecule has 1 unspecified atom stereocenters. The van der Waals surface area contributed by atoms with Crippen LogP contribution in [0.4, 0.5) is 13.2 Å². The molecule has 0 aromatic heterocycles. The summed E-state index contributed by atoms with van der Waals surface area (Å²) in [6, 6.07) is 0. The molecular formula is C5H6BrF3O. The summed E-state index contributed by atoms with van der Waals surface area (Å²) in [5.41, 5.74) is 0. The van der Waals surface area contributed by atoms with Gasteiger partial charge < -0.3 is 0 Å². The van der Waals surface area contributed by atoms with E-state index in [4.69, 9.17) is 0 Å². The third-order valence-corrected chi connectivity index (χ3v) is 1.82. The molecule has 0 bridgehead atoms. The highest BCUT2D eigenvalue weighted by molar-refractivity contribution is 9.10. The Labute approximate surface area is 64.7 Å². The summed E-state index contributed by atoms with van der Waals surface area (Å²) in [6.45, 7) is 1.12. The molecule has 0 saturated heterocycles. The number of carbonyl (C=O) groups is 1. The number of ketones is 1. The Hall–Kier alpha value is -0.0600. The molecule has 0 radical (unpaired) electrons. The summed E-state index contributed by atoms with van der Waals surface area (Å²) >= 11 is 2.61. The van der Waals surface area contributed by atoms with Gasteiger partial charge in [0.15, 0.2) is 0 Å². The second-order valence-corrected chi connectivity index (χ2v) is 3.00. The molecule has 1 atom stereocenters. The van der Waals surface area contributed by atoms with Gasteiger partial charge in [0.2, 0.25) is 0 Å². The summed E-state index contributed by atoms with van der Waals surface area (Å²) in [4.78, 5) is 9.18. The van der Waals surface area contributed by atoms with Crippen LogP contribution in [0.2, 0.25) is 0 Å². The van der Waals surface area contributed by atoms with Gasteiger partial charge in [-0.2, -0.15) is 13.2 Å². The average molecular weight is 219 g/mol. The maximum absolute atomic E-state index is 11.5. The fraction of sp³-hybridized carbons (Fsp3) is 0.800. The third kappa shape index (κ3) is 4.78. The molecule has 0 fully saturated rings. The van der Waals surface area contributed by atoms with Gasteiger partial charge in [-0.25, -0.2) is 0 Å². The summed E-state index contributed by atoms with van der Waals surface area (Å²) < 4.78 is 34.5. The van der Waals surface area contributed by atoms with Crippen LogP contribution in [0.15, 0.2) is 0 Å². The number of carbonyl (C=O) groups excluding carboxylic acids is 1. The van der Waals surface area contributed by atoms with Crippen molar-refractivity contribution in [1.82, 2.24) is 0 Å². The lowest BCUT2D eigenvalue weighted by molar-refractivity contribution is -0.140. The van der Waals surface area contributed by atoms with Gasteiger partial charge in [0.05, 0.1) is 11.2 Å². The van der Waals surface area contributed by atoms with Gasteiger partial charge in [-0.15, -0.1) is 0 Å². The Kier molecular flexibility index (Phi) is 3.35. The Morgan fingerprint density at radius 1 is 1.60 bits per heavy atom. The number of hydrogen-bond donors (Lipinski definition) is 0. The molecule has 5 heteroatoms. The largest absolute Gasteiger partial charge is 0.390 e. The van der Waals surface area contributed by atoms with E-state index in [1.165, 1.54) is 0 Å². The second-order valence-electron chi connectivity index (χ2n) is 1.90. The number of rotatable bonds is 2. The van der Waals surface area contributed by atoms with Crippen LogP contribution in [0.25, 0.3) is 0 Å². The predicted octanol–water partition coefficient (Wildman–Crippen LogP) is 2.29. The molecule has 1 nitrogen and oxygen atoms in total. The van der Waals surface area contributed by atoms with E-state index < -0.39 is 23.2 Å². The van der Waals surface area contributed by atoms with Crippen LogP contribution < -0.4 is 0 Å². The summed E-state index contributed by atoms with van der Waals surface area (Å²) in [6.07, 6.45) is -5.36. The van der Waals surface area contributed by atoms with E-state index in [-0.39, 0.29) is 0 Å². The quantitative estimate of drug-likeness (QED) is 0.651. The predicted molar refractivity (Wildman–Crippen MR) is 34.1 cm³/mol. The van der Waals surface area contributed by atoms with E-state index in [1.54, 1.807) is 0 Å². The Bertz CT molecular complexity index is 131. The zero-order chi connectivity index (χ0) is 8.36. The molecule has 0 N–H and O–H groups in total. The highest BCUT2D eigenvalue weighted by Gasteiger charge is 2.32. The first-order chi connectivity index (χ1) is 4.33. The number of Topliss-reactive ketones (excluding diaryl/α,β-unsaturated/α-hetero) is 1. The van der Waals surface area contributed by atoms with Crippen molar-refractivity contribution < 1.29 is 18.0 Å². The molecule has 0 spiro atoms. The molecular weight excluding hydrogens is 213 g/mol. The molecule has 0 heterocycles. The molecule has 0 saturated carbocycles. The lowest BCUT2D eigenvalue weighted by atomic mass is 10.2. The monoisotopic (exact) mass is 218 g/mol. The smallest absolute Gasteiger partial charge is 0.299 e. The summed E-state index contributed by atoms with van der Waals surface area (Å²) in [7, 11) is 0. The first-order valence-corrected chi connectivity index (χ1v) is 3.46. The van der Waals surface area contributed by atoms with E-state index >= 15 is 0 Å². The first kappa shape index (κ1) is 9.94.